The molecule has 1 aliphatic rings. The number of carboxylic acid groups (broad SMARTS) is 1. The minimum atomic E-state index is -1.34. The molecule has 3 aromatic carbocycles. The molecule has 0 saturated heterocycles. The number of allylic oxidation sites excluding steroid dienone is 1. The maximum absolute atomic E-state index is 13.9. The van der Waals surface area contributed by atoms with Gasteiger partial charge in [-0.3, -0.25) is 4.79 Å². The Morgan fingerprint density at radius 2 is 1.49 bits per heavy atom. The molecule has 1 atom stereocenters. The van der Waals surface area contributed by atoms with E-state index in [0.717, 1.165) is 0 Å². The molecule has 0 aromatic heterocycles. The van der Waals surface area contributed by atoms with Gasteiger partial charge in [0.05, 0.1) is 28.4 Å². The zero-order valence-electron chi connectivity index (χ0n) is 21.9. The summed E-state index contributed by atoms with van der Waals surface area (Å²) in [6.45, 7) is 0. The Balaban J connectivity index is 1.82. The van der Waals surface area contributed by atoms with E-state index in [1.165, 1.54) is 34.7 Å². The van der Waals surface area contributed by atoms with Gasteiger partial charge in [-0.1, -0.05) is 30.3 Å². The average molecular weight is 533 g/mol. The highest BCUT2D eigenvalue weighted by molar-refractivity contribution is 6.14. The van der Waals surface area contributed by atoms with Crippen LogP contribution in [-0.4, -0.2) is 45.3 Å². The molecular formula is C30H28O9. The van der Waals surface area contributed by atoms with Crippen molar-refractivity contribution in [2.75, 3.05) is 28.4 Å². The SMILES string of the molecule is COc1ccc(C(=O)C(Cc2cc(OC)c(OC)c(OC)c2)=C(C(=O)O)C2=COC(c3ccccc3)O2)cc1. The predicted octanol–water partition coefficient (Wildman–Crippen LogP) is 5.11. The minimum Gasteiger partial charge on any atom is -0.497 e. The van der Waals surface area contributed by atoms with Crippen molar-refractivity contribution in [3.05, 3.63) is 107 Å². The Kier molecular flexibility index (Phi) is 8.40. The normalized spacial score (nSPS) is 14.8. The Hall–Kier alpha value is -4.92. The zero-order chi connectivity index (χ0) is 27.9. The van der Waals surface area contributed by atoms with Crippen molar-refractivity contribution in [1.82, 2.24) is 0 Å². The topological polar surface area (TPSA) is 110 Å². The van der Waals surface area contributed by atoms with Crippen LogP contribution in [-0.2, 0) is 20.7 Å². The molecule has 0 spiro atoms. The number of carbonyl (C=O) groups excluding carboxylic acids is 1. The van der Waals surface area contributed by atoms with Gasteiger partial charge in [0.2, 0.25) is 5.75 Å². The summed E-state index contributed by atoms with van der Waals surface area (Å²) >= 11 is 0. The Bertz CT molecular complexity index is 1380. The van der Waals surface area contributed by atoms with Crippen molar-refractivity contribution in [2.45, 2.75) is 12.7 Å². The van der Waals surface area contributed by atoms with Crippen LogP contribution in [0.3, 0.4) is 0 Å². The molecule has 1 unspecified atom stereocenters. The van der Waals surface area contributed by atoms with Crippen molar-refractivity contribution in [2.24, 2.45) is 0 Å². The highest BCUT2D eigenvalue weighted by Crippen LogP contribution is 2.40. The maximum atomic E-state index is 13.9. The number of carboxylic acids is 1. The molecule has 39 heavy (non-hydrogen) atoms. The number of hydrogen-bond acceptors (Lipinski definition) is 8. The largest absolute Gasteiger partial charge is 0.497 e. The van der Waals surface area contributed by atoms with Gasteiger partial charge < -0.3 is 33.5 Å². The van der Waals surface area contributed by atoms with Gasteiger partial charge in [-0.05, 0) is 42.0 Å². The average Bonchev–Trinajstić information content (AvgIpc) is 3.45. The van der Waals surface area contributed by atoms with E-state index in [1.807, 2.05) is 18.2 Å². The lowest BCUT2D eigenvalue weighted by Crippen LogP contribution is -2.17. The summed E-state index contributed by atoms with van der Waals surface area (Å²) in [7, 11) is 5.94. The first-order valence-electron chi connectivity index (χ1n) is 11.9. The summed E-state index contributed by atoms with van der Waals surface area (Å²) in [5.41, 5.74) is 1.19. The molecule has 0 bridgehead atoms. The second kappa shape index (κ2) is 12.1. The van der Waals surface area contributed by atoms with E-state index in [9.17, 15) is 14.7 Å². The number of aliphatic carboxylic acids is 1. The molecule has 202 valence electrons. The lowest BCUT2D eigenvalue weighted by molar-refractivity contribution is -0.133. The number of ether oxygens (including phenoxy) is 6. The van der Waals surface area contributed by atoms with Crippen LogP contribution in [0.2, 0.25) is 0 Å². The van der Waals surface area contributed by atoms with Crippen molar-refractivity contribution in [1.29, 1.82) is 0 Å². The van der Waals surface area contributed by atoms with Crippen molar-refractivity contribution in [3.63, 3.8) is 0 Å². The lowest BCUT2D eigenvalue weighted by Gasteiger charge is -2.17. The van der Waals surface area contributed by atoms with Crippen LogP contribution in [0.5, 0.6) is 23.0 Å². The molecule has 1 N–H and O–H groups in total. The molecule has 9 nitrogen and oxygen atoms in total. The molecule has 3 aromatic rings. The first-order chi connectivity index (χ1) is 18.9. The quantitative estimate of drug-likeness (QED) is 0.266. The van der Waals surface area contributed by atoms with Gasteiger partial charge in [-0.25, -0.2) is 4.79 Å². The summed E-state index contributed by atoms with van der Waals surface area (Å²) < 4.78 is 33.0. The van der Waals surface area contributed by atoms with Crippen LogP contribution in [0.25, 0.3) is 0 Å². The van der Waals surface area contributed by atoms with Gasteiger partial charge in [0, 0.05) is 23.1 Å². The van der Waals surface area contributed by atoms with E-state index in [1.54, 1.807) is 48.5 Å². The maximum Gasteiger partial charge on any atom is 0.340 e. The molecular weight excluding hydrogens is 504 g/mol. The van der Waals surface area contributed by atoms with E-state index < -0.39 is 18.0 Å². The summed E-state index contributed by atoms with van der Waals surface area (Å²) in [6, 6.07) is 18.8. The summed E-state index contributed by atoms with van der Waals surface area (Å²) in [6.07, 6.45) is 0.284. The summed E-state index contributed by atoms with van der Waals surface area (Å²) in [5.74, 6) is -0.260. The van der Waals surface area contributed by atoms with Crippen molar-refractivity contribution < 1.29 is 43.1 Å². The number of carbonyl (C=O) groups is 2. The fraction of sp³-hybridized carbons (Fsp3) is 0.200. The van der Waals surface area contributed by atoms with Crippen LogP contribution >= 0.6 is 0 Å². The molecule has 1 aliphatic heterocycles. The van der Waals surface area contributed by atoms with Gasteiger partial charge in [-0.15, -0.1) is 0 Å². The molecule has 0 radical (unpaired) electrons. The summed E-state index contributed by atoms with van der Waals surface area (Å²) in [5, 5.41) is 10.3. The molecule has 4 rings (SSSR count). The predicted molar refractivity (Wildman–Crippen MR) is 141 cm³/mol. The Morgan fingerprint density at radius 3 is 2.03 bits per heavy atom. The Labute approximate surface area is 225 Å². The highest BCUT2D eigenvalue weighted by atomic mass is 16.7. The third-order valence-electron chi connectivity index (χ3n) is 6.10. The van der Waals surface area contributed by atoms with Crippen LogP contribution < -0.4 is 18.9 Å². The van der Waals surface area contributed by atoms with Gasteiger partial charge in [0.25, 0.3) is 6.29 Å². The molecule has 0 saturated carbocycles. The number of ketones is 1. The first kappa shape index (κ1) is 27.1. The summed E-state index contributed by atoms with van der Waals surface area (Å²) in [4.78, 5) is 26.5. The third kappa shape index (κ3) is 5.82. The highest BCUT2D eigenvalue weighted by Gasteiger charge is 2.32. The third-order valence-corrected chi connectivity index (χ3v) is 6.10. The lowest BCUT2D eigenvalue weighted by atomic mass is 9.91. The number of rotatable bonds is 11. The van der Waals surface area contributed by atoms with Gasteiger partial charge in [0.15, 0.2) is 23.0 Å². The second-order valence-corrected chi connectivity index (χ2v) is 8.41. The van der Waals surface area contributed by atoms with E-state index >= 15 is 0 Å². The fourth-order valence-corrected chi connectivity index (χ4v) is 4.19. The number of benzene rings is 3. The second-order valence-electron chi connectivity index (χ2n) is 8.41. The fourth-order valence-electron chi connectivity index (χ4n) is 4.19. The smallest absolute Gasteiger partial charge is 0.340 e. The van der Waals surface area contributed by atoms with Gasteiger partial charge >= 0.3 is 5.97 Å². The number of Topliss-reactive ketones (excluding diaryl/α,β-unsaturated/α-hetero) is 1. The van der Waals surface area contributed by atoms with Gasteiger partial charge in [-0.2, -0.15) is 0 Å². The zero-order valence-corrected chi connectivity index (χ0v) is 21.9. The molecule has 0 amide bonds. The molecule has 0 aliphatic carbocycles. The minimum absolute atomic E-state index is 0.0227. The number of methoxy groups -OCH3 is 4. The molecule has 1 heterocycles. The van der Waals surface area contributed by atoms with Gasteiger partial charge in [0.1, 0.15) is 17.6 Å². The van der Waals surface area contributed by atoms with Crippen LogP contribution in [0.1, 0.15) is 27.8 Å². The molecule has 0 fully saturated rings. The van der Waals surface area contributed by atoms with E-state index in [-0.39, 0.29) is 28.9 Å². The Morgan fingerprint density at radius 1 is 0.846 bits per heavy atom. The van der Waals surface area contributed by atoms with Crippen molar-refractivity contribution in [3.8, 4) is 23.0 Å². The van der Waals surface area contributed by atoms with E-state index in [2.05, 4.69) is 0 Å². The van der Waals surface area contributed by atoms with Crippen molar-refractivity contribution >= 4 is 11.8 Å². The van der Waals surface area contributed by atoms with E-state index in [0.29, 0.717) is 34.1 Å². The van der Waals surface area contributed by atoms with E-state index in [4.69, 9.17) is 28.4 Å². The van der Waals surface area contributed by atoms with Crippen LogP contribution in [0, 0.1) is 0 Å². The van der Waals surface area contributed by atoms with Crippen LogP contribution in [0.15, 0.2) is 89.9 Å². The first-order valence-corrected chi connectivity index (χ1v) is 11.9. The standard InChI is InChI=1S/C30H28O9/c1-34-21-12-10-19(11-13-21)27(31)22(14-18-15-23(35-2)28(37-4)24(16-18)36-3)26(29(32)33)25-17-38-30(39-25)20-8-6-5-7-9-20/h5-13,15-17,30H,14H2,1-4H3,(H,32,33). The monoisotopic (exact) mass is 532 g/mol. The van der Waals surface area contributed by atoms with Crippen LogP contribution in [0.4, 0.5) is 0 Å². The molecule has 9 heteroatoms. The number of hydrogen-bond donors (Lipinski definition) is 1.